The number of ether oxygens (including phenoxy) is 1. The molecule has 1 aromatic heterocycles. The molecular formula is C16H19N3O4. The summed E-state index contributed by atoms with van der Waals surface area (Å²) in [7, 11) is 0. The highest BCUT2D eigenvalue weighted by Gasteiger charge is 2.21. The van der Waals surface area contributed by atoms with Gasteiger partial charge in [0, 0.05) is 30.6 Å². The summed E-state index contributed by atoms with van der Waals surface area (Å²) < 4.78 is 5.62. The molecule has 1 fully saturated rings. The molecule has 0 bridgehead atoms. The van der Waals surface area contributed by atoms with Crippen molar-refractivity contribution in [1.29, 1.82) is 0 Å². The van der Waals surface area contributed by atoms with Gasteiger partial charge in [-0.1, -0.05) is 0 Å². The Labute approximate surface area is 133 Å². The molecule has 3 rings (SSSR count). The van der Waals surface area contributed by atoms with Gasteiger partial charge >= 0.3 is 0 Å². The van der Waals surface area contributed by atoms with Crippen molar-refractivity contribution in [2.75, 3.05) is 31.2 Å². The summed E-state index contributed by atoms with van der Waals surface area (Å²) in [5.41, 5.74) is 0.814. The molecule has 2 aromatic rings. The Morgan fingerprint density at radius 3 is 3.04 bits per heavy atom. The summed E-state index contributed by atoms with van der Waals surface area (Å²) in [6, 6.07) is 8.45. The molecule has 1 unspecified atom stereocenters. The first kappa shape index (κ1) is 15.6. The van der Waals surface area contributed by atoms with Gasteiger partial charge in [-0.05, 0) is 31.0 Å². The number of hydrogen-bond donors (Lipinski definition) is 1. The first-order valence-corrected chi connectivity index (χ1v) is 7.70. The Morgan fingerprint density at radius 2 is 2.26 bits per heavy atom. The largest absolute Gasteiger partial charge is 0.394 e. The number of pyridine rings is 1. The first-order chi connectivity index (χ1) is 11.2. The first-order valence-electron chi connectivity index (χ1n) is 7.70. The van der Waals surface area contributed by atoms with Crippen molar-refractivity contribution >= 4 is 22.4 Å². The standard InChI is InChI=1S/C16H19N3O4/c20-8-9-23-14-2-1-7-18(11-14)16-6-3-12-10-13(19(21)22)4-5-15(12)17-16/h3-6,10,14,20H,1-2,7-9,11H2. The van der Waals surface area contributed by atoms with Crippen molar-refractivity contribution < 1.29 is 14.8 Å². The van der Waals surface area contributed by atoms with Crippen molar-refractivity contribution in [3.8, 4) is 0 Å². The van der Waals surface area contributed by atoms with Crippen LogP contribution in [0.25, 0.3) is 10.9 Å². The predicted octanol–water partition coefficient (Wildman–Crippen LogP) is 2.12. The van der Waals surface area contributed by atoms with Crippen LogP contribution in [0.5, 0.6) is 0 Å². The van der Waals surface area contributed by atoms with E-state index in [1.807, 2.05) is 12.1 Å². The Balaban J connectivity index is 1.79. The maximum absolute atomic E-state index is 10.8. The second-order valence-electron chi connectivity index (χ2n) is 5.61. The number of nitro benzene ring substituents is 1. The smallest absolute Gasteiger partial charge is 0.270 e. The fraction of sp³-hybridized carbons (Fsp3) is 0.438. The van der Waals surface area contributed by atoms with Crippen LogP contribution in [0.15, 0.2) is 30.3 Å². The molecule has 0 saturated carbocycles. The number of anilines is 1. The molecule has 0 radical (unpaired) electrons. The van der Waals surface area contributed by atoms with Crippen LogP contribution in [0.1, 0.15) is 12.8 Å². The maximum atomic E-state index is 10.8. The molecule has 1 saturated heterocycles. The van der Waals surface area contributed by atoms with Gasteiger partial charge in [-0.2, -0.15) is 0 Å². The van der Waals surface area contributed by atoms with Crippen LogP contribution in [-0.4, -0.2) is 47.4 Å². The van der Waals surface area contributed by atoms with E-state index in [1.54, 1.807) is 6.07 Å². The van der Waals surface area contributed by atoms with E-state index in [2.05, 4.69) is 9.88 Å². The highest BCUT2D eigenvalue weighted by molar-refractivity contribution is 5.82. The maximum Gasteiger partial charge on any atom is 0.270 e. The van der Waals surface area contributed by atoms with Crippen LogP contribution in [0.4, 0.5) is 11.5 Å². The van der Waals surface area contributed by atoms with Gasteiger partial charge < -0.3 is 14.7 Å². The number of nitrogens with zero attached hydrogens (tertiary/aromatic N) is 3. The van der Waals surface area contributed by atoms with Crippen molar-refractivity contribution in [3.05, 3.63) is 40.4 Å². The molecule has 23 heavy (non-hydrogen) atoms. The number of benzene rings is 1. The summed E-state index contributed by atoms with van der Waals surface area (Å²) in [5.74, 6) is 0.851. The molecule has 0 amide bonds. The van der Waals surface area contributed by atoms with Crippen LogP contribution in [0.3, 0.4) is 0 Å². The lowest BCUT2D eigenvalue weighted by Gasteiger charge is -2.33. The number of aromatic nitrogens is 1. The summed E-state index contributed by atoms with van der Waals surface area (Å²) in [6.45, 7) is 2.03. The molecule has 2 heterocycles. The molecule has 7 heteroatoms. The molecule has 1 aliphatic heterocycles. The molecule has 1 aliphatic rings. The van der Waals surface area contributed by atoms with E-state index in [1.165, 1.54) is 12.1 Å². The third-order valence-electron chi connectivity index (χ3n) is 4.02. The monoisotopic (exact) mass is 317 g/mol. The van der Waals surface area contributed by atoms with Crippen LogP contribution in [0.2, 0.25) is 0 Å². The average Bonchev–Trinajstić information content (AvgIpc) is 2.59. The van der Waals surface area contributed by atoms with Gasteiger partial charge in [0.25, 0.3) is 5.69 Å². The van der Waals surface area contributed by atoms with Crippen LogP contribution < -0.4 is 4.90 Å². The summed E-state index contributed by atoms with van der Waals surface area (Å²) in [5, 5.41) is 20.4. The van der Waals surface area contributed by atoms with Crippen LogP contribution >= 0.6 is 0 Å². The highest BCUT2D eigenvalue weighted by atomic mass is 16.6. The number of aliphatic hydroxyl groups excluding tert-OH is 1. The zero-order chi connectivity index (χ0) is 16.2. The molecule has 0 aliphatic carbocycles. The Hall–Kier alpha value is -2.25. The second-order valence-corrected chi connectivity index (χ2v) is 5.61. The van der Waals surface area contributed by atoms with Gasteiger partial charge in [-0.15, -0.1) is 0 Å². The second kappa shape index (κ2) is 6.89. The minimum Gasteiger partial charge on any atom is -0.394 e. The fourth-order valence-electron chi connectivity index (χ4n) is 2.89. The predicted molar refractivity (Wildman–Crippen MR) is 86.7 cm³/mol. The highest BCUT2D eigenvalue weighted by Crippen LogP contribution is 2.25. The normalized spacial score (nSPS) is 18.3. The summed E-state index contributed by atoms with van der Waals surface area (Å²) >= 11 is 0. The lowest BCUT2D eigenvalue weighted by Crippen LogP contribution is -2.40. The van der Waals surface area contributed by atoms with E-state index >= 15 is 0 Å². The van der Waals surface area contributed by atoms with E-state index in [0.29, 0.717) is 6.61 Å². The number of hydrogen-bond acceptors (Lipinski definition) is 6. The third kappa shape index (κ3) is 3.57. The number of nitro groups is 1. The fourth-order valence-corrected chi connectivity index (χ4v) is 2.89. The zero-order valence-corrected chi connectivity index (χ0v) is 12.7. The molecule has 7 nitrogen and oxygen atoms in total. The summed E-state index contributed by atoms with van der Waals surface area (Å²) in [6.07, 6.45) is 2.09. The number of piperidine rings is 1. The van der Waals surface area contributed by atoms with E-state index in [0.717, 1.165) is 42.7 Å². The van der Waals surface area contributed by atoms with Crippen LogP contribution in [0, 0.1) is 10.1 Å². The van der Waals surface area contributed by atoms with Gasteiger partial charge in [0.15, 0.2) is 0 Å². The van der Waals surface area contributed by atoms with Crippen molar-refractivity contribution in [2.45, 2.75) is 18.9 Å². The minimum atomic E-state index is -0.402. The SMILES string of the molecule is O=[N+]([O-])c1ccc2nc(N3CCCC(OCCO)C3)ccc2c1. The van der Waals surface area contributed by atoms with E-state index < -0.39 is 4.92 Å². The molecule has 1 aromatic carbocycles. The molecule has 1 atom stereocenters. The van der Waals surface area contributed by atoms with Crippen molar-refractivity contribution in [3.63, 3.8) is 0 Å². The van der Waals surface area contributed by atoms with E-state index in [9.17, 15) is 10.1 Å². The van der Waals surface area contributed by atoms with Gasteiger partial charge in [0.05, 0.1) is 29.8 Å². The van der Waals surface area contributed by atoms with Gasteiger partial charge in [-0.25, -0.2) is 4.98 Å². The van der Waals surface area contributed by atoms with Gasteiger partial charge in [0.2, 0.25) is 0 Å². The van der Waals surface area contributed by atoms with Crippen molar-refractivity contribution in [2.24, 2.45) is 0 Å². The Kier molecular flexibility index (Phi) is 4.68. The molecule has 0 spiro atoms. The molecule has 122 valence electrons. The van der Waals surface area contributed by atoms with Crippen molar-refractivity contribution in [1.82, 2.24) is 4.98 Å². The lowest BCUT2D eigenvalue weighted by atomic mass is 10.1. The van der Waals surface area contributed by atoms with Crippen LogP contribution in [-0.2, 0) is 4.74 Å². The lowest BCUT2D eigenvalue weighted by molar-refractivity contribution is -0.384. The van der Waals surface area contributed by atoms with E-state index in [4.69, 9.17) is 9.84 Å². The number of aliphatic hydroxyl groups is 1. The third-order valence-corrected chi connectivity index (χ3v) is 4.02. The Morgan fingerprint density at radius 1 is 1.39 bits per heavy atom. The topological polar surface area (TPSA) is 88.7 Å². The quantitative estimate of drug-likeness (QED) is 0.671. The number of fused-ring (bicyclic) bond motifs is 1. The average molecular weight is 317 g/mol. The Bertz CT molecular complexity index is 707. The molecular weight excluding hydrogens is 298 g/mol. The minimum absolute atomic E-state index is 0.0313. The van der Waals surface area contributed by atoms with Gasteiger partial charge in [-0.3, -0.25) is 10.1 Å². The number of rotatable bonds is 5. The number of non-ortho nitro benzene ring substituents is 1. The summed E-state index contributed by atoms with van der Waals surface area (Å²) in [4.78, 5) is 17.2. The zero-order valence-electron chi connectivity index (χ0n) is 12.7. The van der Waals surface area contributed by atoms with E-state index in [-0.39, 0.29) is 18.4 Å². The molecule has 1 N–H and O–H groups in total. The van der Waals surface area contributed by atoms with Gasteiger partial charge in [0.1, 0.15) is 5.82 Å².